The number of benzene rings is 2. The van der Waals surface area contributed by atoms with Crippen molar-refractivity contribution >= 4 is 32.5 Å². The molecular formula is C26H33N3O4S. The number of nitrogens with zero attached hydrogens (tertiary/aromatic N) is 1. The number of sulfonamides is 1. The van der Waals surface area contributed by atoms with Crippen molar-refractivity contribution in [3.8, 4) is 0 Å². The van der Waals surface area contributed by atoms with E-state index in [0.29, 0.717) is 17.7 Å². The topological polar surface area (TPSA) is 99.3 Å². The zero-order valence-electron chi connectivity index (χ0n) is 20.1. The summed E-state index contributed by atoms with van der Waals surface area (Å²) in [6, 6.07) is 11.6. The summed E-state index contributed by atoms with van der Waals surface area (Å²) in [5.74, 6) is -0.458. The fourth-order valence-corrected chi connectivity index (χ4v) is 5.01. The number of hydrogen-bond donors (Lipinski definition) is 2. The molecule has 182 valence electrons. The van der Waals surface area contributed by atoms with Gasteiger partial charge in [0.25, 0.3) is 15.9 Å². The van der Waals surface area contributed by atoms with E-state index in [2.05, 4.69) is 17.2 Å². The Balaban J connectivity index is 1.84. The van der Waals surface area contributed by atoms with Crippen LogP contribution in [0.1, 0.15) is 61.9 Å². The van der Waals surface area contributed by atoms with E-state index >= 15 is 0 Å². The van der Waals surface area contributed by atoms with E-state index in [1.807, 2.05) is 19.1 Å². The minimum absolute atomic E-state index is 0.0129. The molecule has 0 atom stereocenters. The van der Waals surface area contributed by atoms with Crippen LogP contribution in [0.25, 0.3) is 10.9 Å². The third-order valence-corrected chi connectivity index (χ3v) is 7.81. The summed E-state index contributed by atoms with van der Waals surface area (Å²) in [7, 11) is -2.42. The standard InChI is InChI=1S/C26H33N3O4S/c1-4-6-7-8-9-16-27-26(31)23-18-28-24-15-14-21(17-22(24)25(23)30)34(32,33)29(3)20-12-10-19(5-2)11-13-20/h10-15,17-18H,4-9,16H2,1-3H3,(H,27,31)(H,28,30). The summed E-state index contributed by atoms with van der Waals surface area (Å²) in [5.41, 5.74) is 1.58. The van der Waals surface area contributed by atoms with Gasteiger partial charge in [-0.15, -0.1) is 0 Å². The molecule has 0 saturated heterocycles. The van der Waals surface area contributed by atoms with Gasteiger partial charge in [0, 0.05) is 30.7 Å². The molecule has 3 aromatic rings. The summed E-state index contributed by atoms with van der Waals surface area (Å²) in [6.45, 7) is 4.67. The average molecular weight is 484 g/mol. The maximum absolute atomic E-state index is 13.2. The van der Waals surface area contributed by atoms with Gasteiger partial charge in [-0.3, -0.25) is 13.9 Å². The van der Waals surface area contributed by atoms with Crippen LogP contribution in [0, 0.1) is 0 Å². The van der Waals surface area contributed by atoms with Gasteiger partial charge in [-0.05, 0) is 48.7 Å². The Bertz CT molecular complexity index is 1300. The number of carbonyl (C=O) groups excluding carboxylic acids is 1. The van der Waals surface area contributed by atoms with Gasteiger partial charge < -0.3 is 10.3 Å². The molecule has 1 amide bonds. The van der Waals surface area contributed by atoms with E-state index in [4.69, 9.17) is 0 Å². The van der Waals surface area contributed by atoms with Crippen molar-refractivity contribution in [3.63, 3.8) is 0 Å². The first-order valence-corrected chi connectivity index (χ1v) is 13.2. The molecule has 0 saturated carbocycles. The largest absolute Gasteiger partial charge is 0.360 e. The summed E-state index contributed by atoms with van der Waals surface area (Å²) in [4.78, 5) is 28.5. The number of amides is 1. The third-order valence-electron chi connectivity index (χ3n) is 6.03. The van der Waals surface area contributed by atoms with E-state index in [0.717, 1.165) is 37.7 Å². The normalized spacial score (nSPS) is 11.5. The maximum Gasteiger partial charge on any atom is 0.264 e. The van der Waals surface area contributed by atoms with Gasteiger partial charge in [-0.1, -0.05) is 51.7 Å². The number of H-pyrrole nitrogens is 1. The number of rotatable bonds is 11. The SMILES string of the molecule is CCCCCCCNC(=O)c1c[nH]c2ccc(S(=O)(=O)N(C)c3ccc(CC)cc3)cc2c1=O. The quantitative estimate of drug-likeness (QED) is 0.389. The zero-order chi connectivity index (χ0) is 24.7. The number of nitrogens with one attached hydrogen (secondary N) is 2. The second kappa shape index (κ2) is 11.3. The molecule has 1 heterocycles. The predicted molar refractivity (Wildman–Crippen MR) is 137 cm³/mol. The van der Waals surface area contributed by atoms with Gasteiger partial charge in [0.05, 0.1) is 10.6 Å². The third kappa shape index (κ3) is 5.67. The minimum Gasteiger partial charge on any atom is -0.360 e. The fraction of sp³-hybridized carbons (Fsp3) is 0.385. The molecule has 0 bridgehead atoms. The molecule has 3 rings (SSSR count). The molecule has 0 unspecified atom stereocenters. The van der Waals surface area contributed by atoms with E-state index in [-0.39, 0.29) is 15.8 Å². The van der Waals surface area contributed by atoms with E-state index < -0.39 is 21.4 Å². The Labute approximate surface area is 201 Å². The van der Waals surface area contributed by atoms with Crippen LogP contribution in [0.3, 0.4) is 0 Å². The van der Waals surface area contributed by atoms with Crippen LogP contribution in [0.5, 0.6) is 0 Å². The average Bonchev–Trinajstić information content (AvgIpc) is 2.85. The van der Waals surface area contributed by atoms with E-state index in [1.165, 1.54) is 36.1 Å². The summed E-state index contributed by atoms with van der Waals surface area (Å²) < 4.78 is 27.7. The lowest BCUT2D eigenvalue weighted by atomic mass is 10.1. The second-order valence-electron chi connectivity index (χ2n) is 8.40. The number of fused-ring (bicyclic) bond motifs is 1. The summed E-state index contributed by atoms with van der Waals surface area (Å²) in [6.07, 6.45) is 7.56. The molecule has 0 fully saturated rings. The lowest BCUT2D eigenvalue weighted by molar-refractivity contribution is 0.0951. The van der Waals surface area contributed by atoms with Crippen LogP contribution in [0.15, 0.2) is 58.4 Å². The number of hydrogen-bond acceptors (Lipinski definition) is 4. The number of aromatic amines is 1. The number of pyridine rings is 1. The highest BCUT2D eigenvalue weighted by Crippen LogP contribution is 2.24. The van der Waals surface area contributed by atoms with Gasteiger partial charge >= 0.3 is 0 Å². The van der Waals surface area contributed by atoms with Gasteiger partial charge in [-0.2, -0.15) is 0 Å². The first-order valence-electron chi connectivity index (χ1n) is 11.8. The van der Waals surface area contributed by atoms with Crippen molar-refractivity contribution in [2.75, 3.05) is 17.9 Å². The first kappa shape index (κ1) is 25.5. The molecule has 2 N–H and O–H groups in total. The van der Waals surface area contributed by atoms with Crippen molar-refractivity contribution in [1.82, 2.24) is 10.3 Å². The number of unbranched alkanes of at least 4 members (excludes halogenated alkanes) is 4. The van der Waals surface area contributed by atoms with Crippen molar-refractivity contribution in [2.24, 2.45) is 0 Å². The Morgan fingerprint density at radius 2 is 1.71 bits per heavy atom. The molecule has 2 aromatic carbocycles. The van der Waals surface area contributed by atoms with E-state index in [1.54, 1.807) is 18.2 Å². The Kier molecular flexibility index (Phi) is 8.50. The van der Waals surface area contributed by atoms with Gasteiger partial charge in [0.15, 0.2) is 0 Å². The molecule has 0 aliphatic carbocycles. The first-order chi connectivity index (χ1) is 16.3. The fourth-order valence-electron chi connectivity index (χ4n) is 3.79. The minimum atomic E-state index is -3.90. The zero-order valence-corrected chi connectivity index (χ0v) is 20.9. The van der Waals surface area contributed by atoms with Crippen LogP contribution in [-0.4, -0.2) is 32.9 Å². The number of anilines is 1. The van der Waals surface area contributed by atoms with E-state index in [9.17, 15) is 18.0 Å². The number of aryl methyl sites for hydroxylation is 1. The van der Waals surface area contributed by atoms with Crippen molar-refractivity contribution in [2.45, 2.75) is 57.3 Å². The molecule has 7 nitrogen and oxygen atoms in total. The van der Waals surface area contributed by atoms with Crippen LogP contribution >= 0.6 is 0 Å². The van der Waals surface area contributed by atoms with Crippen LogP contribution in [0.4, 0.5) is 5.69 Å². The lowest BCUT2D eigenvalue weighted by Crippen LogP contribution is -2.30. The maximum atomic E-state index is 13.2. The lowest BCUT2D eigenvalue weighted by Gasteiger charge is -2.20. The highest BCUT2D eigenvalue weighted by atomic mass is 32.2. The predicted octanol–water partition coefficient (Wildman–Crippen LogP) is 4.62. The Hall–Kier alpha value is -3.13. The molecule has 0 spiro atoms. The van der Waals surface area contributed by atoms with Crippen molar-refractivity contribution in [1.29, 1.82) is 0 Å². The van der Waals surface area contributed by atoms with Crippen LogP contribution < -0.4 is 15.1 Å². The molecule has 8 heteroatoms. The van der Waals surface area contributed by atoms with Crippen molar-refractivity contribution < 1.29 is 13.2 Å². The van der Waals surface area contributed by atoms with Gasteiger partial charge in [0.2, 0.25) is 5.43 Å². The Morgan fingerprint density at radius 1 is 1.00 bits per heavy atom. The highest BCUT2D eigenvalue weighted by Gasteiger charge is 2.23. The van der Waals surface area contributed by atoms with Crippen LogP contribution in [-0.2, 0) is 16.4 Å². The smallest absolute Gasteiger partial charge is 0.264 e. The van der Waals surface area contributed by atoms with Crippen LogP contribution in [0.2, 0.25) is 0 Å². The van der Waals surface area contributed by atoms with Crippen molar-refractivity contribution in [3.05, 3.63) is 70.0 Å². The Morgan fingerprint density at radius 3 is 2.38 bits per heavy atom. The summed E-state index contributed by atoms with van der Waals surface area (Å²) in [5, 5.41) is 2.95. The molecule has 0 aliphatic heterocycles. The highest BCUT2D eigenvalue weighted by molar-refractivity contribution is 7.92. The molecule has 34 heavy (non-hydrogen) atoms. The van der Waals surface area contributed by atoms with Gasteiger partial charge in [-0.25, -0.2) is 8.42 Å². The monoisotopic (exact) mass is 483 g/mol. The molecule has 0 radical (unpaired) electrons. The number of aromatic nitrogens is 1. The number of carbonyl (C=O) groups is 1. The van der Waals surface area contributed by atoms with Gasteiger partial charge in [0.1, 0.15) is 5.56 Å². The second-order valence-corrected chi connectivity index (χ2v) is 10.4. The molecule has 0 aliphatic rings. The molecule has 1 aromatic heterocycles. The summed E-state index contributed by atoms with van der Waals surface area (Å²) >= 11 is 0. The molecular weight excluding hydrogens is 450 g/mol.